The van der Waals surface area contributed by atoms with E-state index in [0.29, 0.717) is 0 Å². The predicted octanol–water partition coefficient (Wildman–Crippen LogP) is 1.72. The van der Waals surface area contributed by atoms with Crippen LogP contribution in [0.4, 0.5) is 0 Å². The highest BCUT2D eigenvalue weighted by Crippen LogP contribution is 2.47. The number of hydrogen-bond donors (Lipinski definition) is 0. The summed E-state index contributed by atoms with van der Waals surface area (Å²) in [5.41, 5.74) is 0. The third kappa shape index (κ3) is 3.77. The number of nitrogens with zero attached hydrogens (tertiary/aromatic N) is 1. The van der Waals surface area contributed by atoms with Gasteiger partial charge in [-0.15, -0.1) is 0 Å². The normalized spacial score (nSPS) is 12.7. The molecular weight excluding hydrogens is 293 g/mol. The molecule has 0 bridgehead atoms. The lowest BCUT2D eigenvalue weighted by molar-refractivity contribution is 0.211. The molecule has 0 aliphatic carbocycles. The topological polar surface area (TPSA) is 82.1 Å². The molecule has 0 unspecified atom stereocenters. The Morgan fingerprint density at radius 3 is 1.89 bits per heavy atom. The van der Waals surface area contributed by atoms with Gasteiger partial charge in [0.25, 0.3) is 0 Å². The van der Waals surface area contributed by atoms with Gasteiger partial charge in [-0.3, -0.25) is 9.05 Å². The van der Waals surface area contributed by atoms with Crippen LogP contribution in [-0.4, -0.2) is 41.0 Å². The van der Waals surface area contributed by atoms with Gasteiger partial charge in [0.2, 0.25) is 10.0 Å². The van der Waals surface area contributed by atoms with Crippen LogP contribution in [0.5, 0.6) is 5.75 Å². The van der Waals surface area contributed by atoms with Crippen LogP contribution >= 0.6 is 7.82 Å². The van der Waals surface area contributed by atoms with E-state index in [1.807, 2.05) is 0 Å². The van der Waals surface area contributed by atoms with E-state index in [0.717, 1.165) is 4.31 Å². The van der Waals surface area contributed by atoms with Gasteiger partial charge in [0.05, 0.1) is 4.90 Å². The van der Waals surface area contributed by atoms with Crippen LogP contribution in [0.15, 0.2) is 29.2 Å². The van der Waals surface area contributed by atoms with E-state index in [2.05, 4.69) is 9.05 Å². The monoisotopic (exact) mass is 309 g/mol. The third-order valence-electron chi connectivity index (χ3n) is 2.27. The Hall–Kier alpha value is -0.920. The molecule has 1 aromatic carbocycles. The molecule has 0 spiro atoms. The standard InChI is InChI=1S/C10H16NO6PS/c1-11(2)19(13,14)10-7-5-9(6-8-10)17-18(12,15-3)16-4/h5-8H,1-4H3. The molecule has 0 heterocycles. The Morgan fingerprint density at radius 2 is 1.53 bits per heavy atom. The quantitative estimate of drug-likeness (QED) is 0.744. The first-order valence-electron chi connectivity index (χ1n) is 5.19. The van der Waals surface area contributed by atoms with Crippen LogP contribution in [0.3, 0.4) is 0 Å². The van der Waals surface area contributed by atoms with Crippen molar-refractivity contribution in [3.8, 4) is 5.75 Å². The highest BCUT2D eigenvalue weighted by molar-refractivity contribution is 7.89. The summed E-state index contributed by atoms with van der Waals surface area (Å²) in [4.78, 5) is 0.106. The zero-order chi connectivity index (χ0) is 14.7. The fourth-order valence-corrected chi connectivity index (χ4v) is 2.74. The largest absolute Gasteiger partial charge is 0.529 e. The maximum absolute atomic E-state index is 11.8. The molecule has 7 nitrogen and oxygen atoms in total. The van der Waals surface area contributed by atoms with Gasteiger partial charge in [-0.05, 0) is 24.3 Å². The Bertz CT molecular complexity index is 560. The van der Waals surface area contributed by atoms with Crippen LogP contribution in [0.25, 0.3) is 0 Å². The van der Waals surface area contributed by atoms with E-state index in [1.54, 1.807) is 0 Å². The first kappa shape index (κ1) is 16.1. The maximum Gasteiger partial charge on any atom is 0.529 e. The summed E-state index contributed by atoms with van der Waals surface area (Å²) < 4.78 is 50.7. The van der Waals surface area contributed by atoms with Crippen molar-refractivity contribution in [2.45, 2.75) is 4.90 Å². The van der Waals surface area contributed by atoms with Crippen molar-refractivity contribution in [2.24, 2.45) is 0 Å². The van der Waals surface area contributed by atoms with E-state index in [4.69, 9.17) is 4.52 Å². The van der Waals surface area contributed by atoms with Crippen LogP contribution in [-0.2, 0) is 23.6 Å². The second-order valence-electron chi connectivity index (χ2n) is 3.66. The van der Waals surface area contributed by atoms with Gasteiger partial charge in [-0.2, -0.15) is 0 Å². The van der Waals surface area contributed by atoms with Gasteiger partial charge in [0.15, 0.2) is 0 Å². The highest BCUT2D eigenvalue weighted by Gasteiger charge is 2.25. The molecule has 0 atom stereocenters. The molecule has 0 aromatic heterocycles. The maximum atomic E-state index is 11.8. The van der Waals surface area contributed by atoms with E-state index in [-0.39, 0.29) is 10.6 Å². The summed E-state index contributed by atoms with van der Waals surface area (Å²) in [7, 11) is -1.89. The van der Waals surface area contributed by atoms with Crippen molar-refractivity contribution in [2.75, 3.05) is 28.3 Å². The smallest absolute Gasteiger partial charge is 0.404 e. The summed E-state index contributed by atoms with van der Waals surface area (Å²) in [6.07, 6.45) is 0. The SMILES string of the molecule is COP(=O)(OC)Oc1ccc(S(=O)(=O)N(C)C)cc1. The minimum atomic E-state index is -3.64. The zero-order valence-electron chi connectivity index (χ0n) is 11.1. The molecular formula is C10H16NO6PS. The lowest BCUT2D eigenvalue weighted by Gasteiger charge is -2.15. The van der Waals surface area contributed by atoms with Gasteiger partial charge in [0.1, 0.15) is 5.75 Å². The van der Waals surface area contributed by atoms with Gasteiger partial charge in [0, 0.05) is 28.3 Å². The number of phosphoric ester groups is 1. The highest BCUT2D eigenvalue weighted by atomic mass is 32.2. The lowest BCUT2D eigenvalue weighted by atomic mass is 10.3. The molecule has 0 saturated carbocycles. The third-order valence-corrected chi connectivity index (χ3v) is 5.42. The van der Waals surface area contributed by atoms with Gasteiger partial charge in [-0.25, -0.2) is 17.3 Å². The summed E-state index contributed by atoms with van der Waals surface area (Å²) >= 11 is 0. The molecule has 0 aliphatic heterocycles. The number of phosphoric acid groups is 1. The number of hydrogen-bond acceptors (Lipinski definition) is 6. The van der Waals surface area contributed by atoms with Crippen molar-refractivity contribution >= 4 is 17.8 Å². The Balaban J connectivity index is 2.98. The lowest BCUT2D eigenvalue weighted by Crippen LogP contribution is -2.22. The van der Waals surface area contributed by atoms with Crippen molar-refractivity contribution in [3.05, 3.63) is 24.3 Å². The van der Waals surface area contributed by atoms with Crippen molar-refractivity contribution in [1.82, 2.24) is 4.31 Å². The average Bonchev–Trinajstić information content (AvgIpc) is 2.39. The molecule has 0 aliphatic rings. The first-order chi connectivity index (χ1) is 8.75. The minimum absolute atomic E-state index is 0.106. The Kier molecular flexibility index (Phi) is 5.11. The molecule has 1 rings (SSSR count). The first-order valence-corrected chi connectivity index (χ1v) is 8.09. The Morgan fingerprint density at radius 1 is 1.05 bits per heavy atom. The van der Waals surface area contributed by atoms with Crippen LogP contribution < -0.4 is 4.52 Å². The van der Waals surface area contributed by atoms with Gasteiger partial charge in [-0.1, -0.05) is 0 Å². The summed E-state index contributed by atoms with van der Waals surface area (Å²) in [6.45, 7) is 0. The number of benzene rings is 1. The van der Waals surface area contributed by atoms with E-state index >= 15 is 0 Å². The predicted molar refractivity (Wildman–Crippen MR) is 69.6 cm³/mol. The van der Waals surface area contributed by atoms with Crippen LogP contribution in [0, 0.1) is 0 Å². The van der Waals surface area contributed by atoms with E-state index in [9.17, 15) is 13.0 Å². The molecule has 1 aromatic rings. The minimum Gasteiger partial charge on any atom is -0.404 e. The molecule has 108 valence electrons. The van der Waals surface area contributed by atoms with Crippen LogP contribution in [0.2, 0.25) is 0 Å². The van der Waals surface area contributed by atoms with E-state index < -0.39 is 17.8 Å². The second-order valence-corrected chi connectivity index (χ2v) is 7.62. The fourth-order valence-electron chi connectivity index (χ4n) is 1.16. The number of sulfonamides is 1. The average molecular weight is 309 g/mol. The molecule has 0 amide bonds. The molecule has 0 saturated heterocycles. The summed E-state index contributed by atoms with van der Waals surface area (Å²) in [5.74, 6) is 0.185. The van der Waals surface area contributed by atoms with Gasteiger partial charge < -0.3 is 4.52 Å². The van der Waals surface area contributed by atoms with Gasteiger partial charge >= 0.3 is 7.82 Å². The molecule has 9 heteroatoms. The molecule has 19 heavy (non-hydrogen) atoms. The zero-order valence-corrected chi connectivity index (χ0v) is 12.8. The molecule has 0 radical (unpaired) electrons. The van der Waals surface area contributed by atoms with E-state index in [1.165, 1.54) is 52.6 Å². The Labute approximate surface area is 112 Å². The molecule has 0 N–H and O–H groups in total. The summed E-state index contributed by atoms with van der Waals surface area (Å²) in [6, 6.07) is 5.45. The van der Waals surface area contributed by atoms with Crippen molar-refractivity contribution in [1.29, 1.82) is 0 Å². The van der Waals surface area contributed by atoms with Crippen molar-refractivity contribution in [3.63, 3.8) is 0 Å². The summed E-state index contributed by atoms with van der Waals surface area (Å²) in [5, 5.41) is 0. The fraction of sp³-hybridized carbons (Fsp3) is 0.400. The van der Waals surface area contributed by atoms with Crippen molar-refractivity contribution < 1.29 is 26.6 Å². The van der Waals surface area contributed by atoms with Crippen LogP contribution in [0.1, 0.15) is 0 Å². The second kappa shape index (κ2) is 6.02. The molecule has 0 fully saturated rings. The number of rotatable bonds is 6.